The largest absolute Gasteiger partial charge is 0.480 e. The van der Waals surface area contributed by atoms with Gasteiger partial charge in [0.25, 0.3) is 5.91 Å². The number of amides is 3. The fourth-order valence-electron chi connectivity index (χ4n) is 2.60. The predicted molar refractivity (Wildman–Crippen MR) is 90.2 cm³/mol. The van der Waals surface area contributed by atoms with E-state index in [1.807, 2.05) is 6.92 Å². The quantitative estimate of drug-likeness (QED) is 0.710. The molecular formula is C17H23N3O4. The fourth-order valence-corrected chi connectivity index (χ4v) is 2.60. The standard InChI is InChI=1S/C17H23N3O4/c1-2-3-8-14(16(22)23)19-15(21)12-6-4-7-13(11-12)20-10-5-9-18-17(20)24/h4,6-7,11,14H,2-3,5,8-10H2,1H3,(H,18,24)(H,19,21)(H,22,23)/t14-/m0/s1. The Hall–Kier alpha value is -2.57. The van der Waals surface area contributed by atoms with Crippen molar-refractivity contribution in [2.45, 2.75) is 38.6 Å². The summed E-state index contributed by atoms with van der Waals surface area (Å²) in [7, 11) is 0. The maximum atomic E-state index is 12.3. The van der Waals surface area contributed by atoms with E-state index in [1.165, 1.54) is 0 Å². The van der Waals surface area contributed by atoms with Gasteiger partial charge < -0.3 is 15.7 Å². The first-order chi connectivity index (χ1) is 11.5. The van der Waals surface area contributed by atoms with Crippen molar-refractivity contribution in [3.05, 3.63) is 29.8 Å². The highest BCUT2D eigenvalue weighted by Crippen LogP contribution is 2.18. The number of unbranched alkanes of at least 4 members (excludes halogenated alkanes) is 1. The molecule has 130 valence electrons. The number of carboxylic acid groups (broad SMARTS) is 1. The fraction of sp³-hybridized carbons (Fsp3) is 0.471. The number of nitrogens with one attached hydrogen (secondary N) is 2. The summed E-state index contributed by atoms with van der Waals surface area (Å²) in [4.78, 5) is 37.1. The molecule has 0 radical (unpaired) electrons. The predicted octanol–water partition coefficient (Wildman–Crippen LogP) is 1.98. The SMILES string of the molecule is CCCC[C@H](NC(=O)c1cccc(N2CCCNC2=O)c1)C(=O)O. The van der Waals surface area contributed by atoms with Crippen molar-refractivity contribution in [3.63, 3.8) is 0 Å². The monoisotopic (exact) mass is 333 g/mol. The molecule has 7 nitrogen and oxygen atoms in total. The lowest BCUT2D eigenvalue weighted by Gasteiger charge is -2.27. The second kappa shape index (κ2) is 8.33. The number of benzene rings is 1. The van der Waals surface area contributed by atoms with Crippen molar-refractivity contribution in [2.75, 3.05) is 18.0 Å². The lowest BCUT2D eigenvalue weighted by Crippen LogP contribution is -2.46. The molecule has 1 aliphatic rings. The molecule has 1 fully saturated rings. The molecule has 0 saturated carbocycles. The zero-order valence-corrected chi connectivity index (χ0v) is 13.7. The van der Waals surface area contributed by atoms with Crippen LogP contribution in [-0.4, -0.2) is 42.1 Å². The number of hydrogen-bond donors (Lipinski definition) is 3. The Morgan fingerprint density at radius 2 is 2.21 bits per heavy atom. The molecule has 0 unspecified atom stereocenters. The molecule has 2 rings (SSSR count). The van der Waals surface area contributed by atoms with Crippen molar-refractivity contribution >= 4 is 23.6 Å². The van der Waals surface area contributed by atoms with Crippen LogP contribution in [0.2, 0.25) is 0 Å². The van der Waals surface area contributed by atoms with E-state index in [2.05, 4.69) is 10.6 Å². The van der Waals surface area contributed by atoms with Gasteiger partial charge in [0.05, 0.1) is 0 Å². The Bertz CT molecular complexity index is 618. The summed E-state index contributed by atoms with van der Waals surface area (Å²) in [5.74, 6) is -1.49. The van der Waals surface area contributed by atoms with Gasteiger partial charge in [0.15, 0.2) is 0 Å². The van der Waals surface area contributed by atoms with E-state index in [9.17, 15) is 19.5 Å². The number of carbonyl (C=O) groups excluding carboxylic acids is 2. The molecule has 0 aliphatic carbocycles. The van der Waals surface area contributed by atoms with E-state index in [4.69, 9.17) is 0 Å². The number of carboxylic acids is 1. The first kappa shape index (κ1) is 17.8. The highest BCUT2D eigenvalue weighted by atomic mass is 16.4. The van der Waals surface area contributed by atoms with Crippen molar-refractivity contribution in [1.82, 2.24) is 10.6 Å². The van der Waals surface area contributed by atoms with Gasteiger partial charge in [-0.2, -0.15) is 0 Å². The summed E-state index contributed by atoms with van der Waals surface area (Å²) in [5, 5.41) is 14.5. The molecule has 1 heterocycles. The van der Waals surface area contributed by atoms with E-state index in [0.717, 1.165) is 19.3 Å². The Balaban J connectivity index is 2.10. The molecule has 3 N–H and O–H groups in total. The van der Waals surface area contributed by atoms with Crippen LogP contribution in [-0.2, 0) is 4.79 Å². The van der Waals surface area contributed by atoms with Crippen LogP contribution < -0.4 is 15.5 Å². The first-order valence-electron chi connectivity index (χ1n) is 8.22. The van der Waals surface area contributed by atoms with Crippen molar-refractivity contribution < 1.29 is 19.5 Å². The Morgan fingerprint density at radius 3 is 2.88 bits per heavy atom. The van der Waals surface area contributed by atoms with Crippen LogP contribution >= 0.6 is 0 Å². The minimum atomic E-state index is -1.04. The van der Waals surface area contributed by atoms with Gasteiger partial charge in [0.1, 0.15) is 6.04 Å². The zero-order valence-electron chi connectivity index (χ0n) is 13.7. The summed E-state index contributed by atoms with van der Waals surface area (Å²) in [6, 6.07) is 5.57. The van der Waals surface area contributed by atoms with E-state index >= 15 is 0 Å². The normalized spacial score (nSPS) is 15.5. The topological polar surface area (TPSA) is 98.7 Å². The maximum Gasteiger partial charge on any atom is 0.326 e. The Kier molecular flexibility index (Phi) is 6.17. The smallest absolute Gasteiger partial charge is 0.326 e. The number of anilines is 1. The van der Waals surface area contributed by atoms with Crippen LogP contribution in [0.4, 0.5) is 10.5 Å². The van der Waals surface area contributed by atoms with Gasteiger partial charge in [-0.05, 0) is 31.0 Å². The third-order valence-corrected chi connectivity index (χ3v) is 3.95. The lowest BCUT2D eigenvalue weighted by atomic mass is 10.1. The van der Waals surface area contributed by atoms with E-state index in [1.54, 1.807) is 29.2 Å². The first-order valence-corrected chi connectivity index (χ1v) is 8.22. The van der Waals surface area contributed by atoms with E-state index in [-0.39, 0.29) is 6.03 Å². The second-order valence-corrected chi connectivity index (χ2v) is 5.79. The van der Waals surface area contributed by atoms with Crippen LogP contribution in [0.1, 0.15) is 43.0 Å². The highest BCUT2D eigenvalue weighted by molar-refractivity contribution is 5.99. The molecule has 0 bridgehead atoms. The molecule has 7 heteroatoms. The molecule has 3 amide bonds. The van der Waals surface area contributed by atoms with Gasteiger partial charge >= 0.3 is 12.0 Å². The van der Waals surface area contributed by atoms with Gasteiger partial charge in [0.2, 0.25) is 0 Å². The number of nitrogens with zero attached hydrogens (tertiary/aromatic N) is 1. The molecule has 1 aromatic carbocycles. The minimum Gasteiger partial charge on any atom is -0.480 e. The molecule has 1 aliphatic heterocycles. The van der Waals surface area contributed by atoms with Gasteiger partial charge in [-0.1, -0.05) is 25.8 Å². The second-order valence-electron chi connectivity index (χ2n) is 5.79. The van der Waals surface area contributed by atoms with Crippen molar-refractivity contribution in [1.29, 1.82) is 0 Å². The third-order valence-electron chi connectivity index (χ3n) is 3.95. The van der Waals surface area contributed by atoms with Crippen LogP contribution in [0, 0.1) is 0 Å². The molecule has 0 spiro atoms. The third kappa shape index (κ3) is 4.47. The van der Waals surface area contributed by atoms with Gasteiger partial charge in [0, 0.05) is 24.3 Å². The summed E-state index contributed by atoms with van der Waals surface area (Å²) >= 11 is 0. The lowest BCUT2D eigenvalue weighted by molar-refractivity contribution is -0.139. The number of urea groups is 1. The molecular weight excluding hydrogens is 310 g/mol. The summed E-state index contributed by atoms with van der Waals surface area (Å²) < 4.78 is 0. The summed E-state index contributed by atoms with van der Waals surface area (Å²) in [6.07, 6.45) is 2.82. The van der Waals surface area contributed by atoms with Gasteiger partial charge in [-0.3, -0.25) is 9.69 Å². The van der Waals surface area contributed by atoms with Crippen LogP contribution in [0.25, 0.3) is 0 Å². The number of aliphatic carboxylic acids is 1. The molecule has 24 heavy (non-hydrogen) atoms. The molecule has 1 atom stereocenters. The van der Waals surface area contributed by atoms with Crippen LogP contribution in [0.15, 0.2) is 24.3 Å². The highest BCUT2D eigenvalue weighted by Gasteiger charge is 2.22. The Morgan fingerprint density at radius 1 is 1.42 bits per heavy atom. The van der Waals surface area contributed by atoms with Crippen molar-refractivity contribution in [2.24, 2.45) is 0 Å². The van der Waals surface area contributed by atoms with Gasteiger partial charge in [-0.25, -0.2) is 9.59 Å². The van der Waals surface area contributed by atoms with Gasteiger partial charge in [-0.15, -0.1) is 0 Å². The minimum absolute atomic E-state index is 0.190. The average molecular weight is 333 g/mol. The maximum absolute atomic E-state index is 12.3. The van der Waals surface area contributed by atoms with Crippen LogP contribution in [0.5, 0.6) is 0 Å². The number of carbonyl (C=O) groups is 3. The zero-order chi connectivity index (χ0) is 17.5. The summed E-state index contributed by atoms with van der Waals surface area (Å²) in [6.45, 7) is 3.20. The Labute approximate surface area is 141 Å². The van der Waals surface area contributed by atoms with Crippen LogP contribution in [0.3, 0.4) is 0 Å². The number of hydrogen-bond acceptors (Lipinski definition) is 3. The summed E-state index contributed by atoms with van der Waals surface area (Å²) in [5.41, 5.74) is 0.967. The van der Waals surface area contributed by atoms with E-state index < -0.39 is 17.9 Å². The van der Waals surface area contributed by atoms with E-state index in [0.29, 0.717) is 30.8 Å². The molecule has 1 saturated heterocycles. The molecule has 1 aromatic rings. The number of rotatable bonds is 7. The van der Waals surface area contributed by atoms with Crippen molar-refractivity contribution in [3.8, 4) is 0 Å². The molecule has 0 aromatic heterocycles. The average Bonchev–Trinajstić information content (AvgIpc) is 2.58.